The van der Waals surface area contributed by atoms with Gasteiger partial charge in [0.15, 0.2) is 0 Å². The van der Waals surface area contributed by atoms with Crippen LogP contribution >= 0.6 is 0 Å². The Labute approximate surface area is 113 Å². The van der Waals surface area contributed by atoms with E-state index in [1.54, 1.807) is 0 Å². The molecule has 6 nitrogen and oxygen atoms in total. The van der Waals surface area contributed by atoms with Crippen LogP contribution in [-0.2, 0) is 10.0 Å². The Kier molecular flexibility index (Phi) is 4.42. The Morgan fingerprint density at radius 1 is 1.32 bits per heavy atom. The summed E-state index contributed by atoms with van der Waals surface area (Å²) in [6, 6.07) is 0. The van der Waals surface area contributed by atoms with E-state index in [9.17, 15) is 13.2 Å². The lowest BCUT2D eigenvalue weighted by Gasteiger charge is -2.19. The molecule has 19 heavy (non-hydrogen) atoms. The van der Waals surface area contributed by atoms with Crippen LogP contribution in [0.15, 0.2) is 9.31 Å². The third-order valence-electron chi connectivity index (χ3n) is 2.71. The maximum absolute atomic E-state index is 12.4. The van der Waals surface area contributed by atoms with Gasteiger partial charge in [0, 0.05) is 13.6 Å². The second-order valence-corrected chi connectivity index (χ2v) is 6.88. The highest BCUT2D eigenvalue weighted by Gasteiger charge is 2.33. The molecule has 0 saturated heterocycles. The van der Waals surface area contributed by atoms with Gasteiger partial charge in [0.1, 0.15) is 22.0 Å². The maximum atomic E-state index is 12.4. The number of aryl methyl sites for hydroxylation is 2. The first kappa shape index (κ1) is 15.7. The largest absolute Gasteiger partial charge is 0.478 e. The molecule has 7 heteroatoms. The zero-order valence-electron chi connectivity index (χ0n) is 11.7. The summed E-state index contributed by atoms with van der Waals surface area (Å²) in [4.78, 5) is 11.0. The van der Waals surface area contributed by atoms with Crippen molar-refractivity contribution in [1.29, 1.82) is 0 Å². The van der Waals surface area contributed by atoms with Gasteiger partial charge in [-0.15, -0.1) is 0 Å². The fourth-order valence-electron chi connectivity index (χ4n) is 1.99. The number of hydrogen-bond acceptors (Lipinski definition) is 4. The van der Waals surface area contributed by atoms with Gasteiger partial charge >= 0.3 is 5.97 Å². The minimum Gasteiger partial charge on any atom is -0.478 e. The Morgan fingerprint density at radius 2 is 1.84 bits per heavy atom. The van der Waals surface area contributed by atoms with Crippen LogP contribution in [0.2, 0.25) is 0 Å². The summed E-state index contributed by atoms with van der Waals surface area (Å²) in [5, 5.41) is 9.14. The van der Waals surface area contributed by atoms with Crippen molar-refractivity contribution in [3.63, 3.8) is 0 Å². The van der Waals surface area contributed by atoms with Gasteiger partial charge in [-0.1, -0.05) is 13.8 Å². The molecule has 0 bridgehead atoms. The Balaban J connectivity index is 3.41. The van der Waals surface area contributed by atoms with E-state index in [0.29, 0.717) is 6.54 Å². The van der Waals surface area contributed by atoms with Crippen LogP contribution in [0.25, 0.3) is 0 Å². The molecular weight excluding hydrogens is 270 g/mol. The van der Waals surface area contributed by atoms with E-state index in [1.807, 2.05) is 13.8 Å². The molecule has 0 aromatic carbocycles. The van der Waals surface area contributed by atoms with Crippen LogP contribution in [0.5, 0.6) is 0 Å². The molecule has 0 aliphatic rings. The molecule has 0 aliphatic heterocycles. The van der Waals surface area contributed by atoms with Crippen molar-refractivity contribution in [1.82, 2.24) is 4.31 Å². The van der Waals surface area contributed by atoms with Crippen molar-refractivity contribution < 1.29 is 22.7 Å². The highest BCUT2D eigenvalue weighted by molar-refractivity contribution is 7.89. The van der Waals surface area contributed by atoms with Gasteiger partial charge in [-0.25, -0.2) is 17.5 Å². The summed E-state index contributed by atoms with van der Waals surface area (Å²) in [6.07, 6.45) is 0. The lowest BCUT2D eigenvalue weighted by Crippen LogP contribution is -2.31. The predicted octanol–water partition coefficient (Wildman–Crippen LogP) is 1.87. The van der Waals surface area contributed by atoms with Crippen LogP contribution in [0.3, 0.4) is 0 Å². The van der Waals surface area contributed by atoms with E-state index in [4.69, 9.17) is 9.52 Å². The summed E-state index contributed by atoms with van der Waals surface area (Å²) in [5.74, 6) is -0.959. The average molecular weight is 289 g/mol. The van der Waals surface area contributed by atoms with Crippen molar-refractivity contribution in [2.75, 3.05) is 13.6 Å². The molecule has 0 spiro atoms. The number of nitrogens with zero attached hydrogens (tertiary/aromatic N) is 1. The monoisotopic (exact) mass is 289 g/mol. The summed E-state index contributed by atoms with van der Waals surface area (Å²) >= 11 is 0. The molecule has 0 aliphatic carbocycles. The standard InChI is InChI=1S/C12H19NO5S/c1-7(2)6-13(5)19(16,17)11-9(4)18-8(3)10(11)12(14)15/h7H,6H2,1-5H3,(H,14,15). The molecular formula is C12H19NO5S. The van der Waals surface area contributed by atoms with Gasteiger partial charge in [-0.05, 0) is 19.8 Å². The predicted molar refractivity (Wildman–Crippen MR) is 69.8 cm³/mol. The van der Waals surface area contributed by atoms with Crippen molar-refractivity contribution in [2.24, 2.45) is 5.92 Å². The van der Waals surface area contributed by atoms with Crippen molar-refractivity contribution in [3.05, 3.63) is 17.1 Å². The Hall–Kier alpha value is -1.34. The fraction of sp³-hybridized carbons (Fsp3) is 0.583. The van der Waals surface area contributed by atoms with E-state index < -0.39 is 16.0 Å². The molecule has 0 unspecified atom stereocenters. The van der Waals surface area contributed by atoms with Crippen LogP contribution in [0.4, 0.5) is 0 Å². The van der Waals surface area contributed by atoms with Crippen molar-refractivity contribution >= 4 is 16.0 Å². The molecule has 1 N–H and O–H groups in total. The lowest BCUT2D eigenvalue weighted by molar-refractivity contribution is 0.0691. The number of carboxylic acids is 1. The molecule has 0 radical (unpaired) electrons. The molecule has 1 rings (SSSR count). The van der Waals surface area contributed by atoms with E-state index in [0.717, 1.165) is 4.31 Å². The van der Waals surface area contributed by atoms with Gasteiger partial charge in [0.2, 0.25) is 10.0 Å². The minimum absolute atomic E-state index is 0.0986. The van der Waals surface area contributed by atoms with Crippen molar-refractivity contribution in [3.8, 4) is 0 Å². The zero-order valence-corrected chi connectivity index (χ0v) is 12.5. The van der Waals surface area contributed by atoms with Crippen LogP contribution in [0.1, 0.15) is 35.7 Å². The number of hydrogen-bond donors (Lipinski definition) is 1. The maximum Gasteiger partial charge on any atom is 0.340 e. The van der Waals surface area contributed by atoms with Crippen molar-refractivity contribution in [2.45, 2.75) is 32.6 Å². The van der Waals surface area contributed by atoms with E-state index in [1.165, 1.54) is 20.9 Å². The first-order chi connectivity index (χ1) is 8.59. The number of rotatable bonds is 5. The molecule has 1 aromatic heterocycles. The quantitative estimate of drug-likeness (QED) is 0.894. The third kappa shape index (κ3) is 2.98. The molecule has 0 saturated carbocycles. The number of carboxylic acid groups (broad SMARTS) is 1. The van der Waals surface area contributed by atoms with Crippen LogP contribution in [0, 0.1) is 19.8 Å². The molecule has 108 valence electrons. The highest BCUT2D eigenvalue weighted by atomic mass is 32.2. The summed E-state index contributed by atoms with van der Waals surface area (Å²) in [5.41, 5.74) is -0.284. The van der Waals surface area contributed by atoms with E-state index in [-0.39, 0.29) is 27.9 Å². The molecule has 0 amide bonds. The first-order valence-corrected chi connectivity index (χ1v) is 7.32. The lowest BCUT2D eigenvalue weighted by atomic mass is 10.2. The van der Waals surface area contributed by atoms with Gasteiger partial charge in [-0.3, -0.25) is 0 Å². The third-order valence-corrected chi connectivity index (χ3v) is 4.69. The van der Waals surface area contributed by atoms with Gasteiger partial charge in [-0.2, -0.15) is 0 Å². The topological polar surface area (TPSA) is 87.8 Å². The van der Waals surface area contributed by atoms with Gasteiger partial charge < -0.3 is 9.52 Å². The first-order valence-electron chi connectivity index (χ1n) is 5.88. The number of aromatic carboxylic acids is 1. The molecule has 1 aromatic rings. The number of furan rings is 1. The Bertz CT molecular complexity index is 586. The second kappa shape index (κ2) is 5.34. The van der Waals surface area contributed by atoms with Gasteiger partial charge in [0.25, 0.3) is 0 Å². The zero-order chi connectivity index (χ0) is 15.0. The summed E-state index contributed by atoms with van der Waals surface area (Å²) < 4.78 is 31.2. The average Bonchev–Trinajstić information content (AvgIpc) is 2.52. The number of sulfonamides is 1. The van der Waals surface area contributed by atoms with Gasteiger partial charge in [0.05, 0.1) is 0 Å². The smallest absolute Gasteiger partial charge is 0.340 e. The van der Waals surface area contributed by atoms with Crippen LogP contribution in [-0.4, -0.2) is 37.4 Å². The second-order valence-electron chi connectivity index (χ2n) is 4.90. The summed E-state index contributed by atoms with van der Waals surface area (Å²) in [6.45, 7) is 6.98. The normalized spacial score (nSPS) is 12.4. The summed E-state index contributed by atoms with van der Waals surface area (Å²) in [7, 11) is -2.43. The molecule has 1 heterocycles. The Morgan fingerprint density at radius 3 is 2.26 bits per heavy atom. The minimum atomic E-state index is -3.86. The molecule has 0 atom stereocenters. The number of carbonyl (C=O) groups is 1. The van der Waals surface area contributed by atoms with E-state index in [2.05, 4.69) is 0 Å². The molecule has 0 fully saturated rings. The SMILES string of the molecule is Cc1oc(C)c(S(=O)(=O)N(C)CC(C)C)c1C(=O)O. The van der Waals surface area contributed by atoms with Crippen LogP contribution < -0.4 is 0 Å². The highest BCUT2D eigenvalue weighted by Crippen LogP contribution is 2.29. The fourth-order valence-corrected chi connectivity index (χ4v) is 3.69. The van der Waals surface area contributed by atoms with E-state index >= 15 is 0 Å².